The number of hydrogen-bond acceptors (Lipinski definition) is 8. The summed E-state index contributed by atoms with van der Waals surface area (Å²) in [7, 11) is -2.97. The van der Waals surface area contributed by atoms with Gasteiger partial charge in [0.05, 0.1) is 26.1 Å². The third kappa shape index (κ3) is 5.23. The van der Waals surface area contributed by atoms with Gasteiger partial charge < -0.3 is 29.6 Å². The molecule has 0 saturated heterocycles. The molecule has 0 bridgehead atoms. The third-order valence-electron chi connectivity index (χ3n) is 5.68. The van der Waals surface area contributed by atoms with E-state index in [4.69, 9.17) is 15.2 Å². The monoisotopic (exact) mass is 509 g/mol. The van der Waals surface area contributed by atoms with Crippen molar-refractivity contribution >= 4 is 36.5 Å². The number of rotatable bonds is 10. The first kappa shape index (κ1) is 26.4. The van der Waals surface area contributed by atoms with E-state index in [0.717, 1.165) is 10.6 Å². The zero-order chi connectivity index (χ0) is 25.3. The number of aromatic nitrogens is 4. The molecule has 3 rings (SSSR count). The largest absolute Gasteiger partial charge is 0.497 e. The zero-order valence-electron chi connectivity index (χ0n) is 20.2. The van der Waals surface area contributed by atoms with E-state index >= 15 is 0 Å². The van der Waals surface area contributed by atoms with E-state index in [-0.39, 0.29) is 12.5 Å². The number of imidazole rings is 1. The van der Waals surface area contributed by atoms with E-state index in [1.807, 2.05) is 24.3 Å². The van der Waals surface area contributed by atoms with Crippen LogP contribution >= 0.6 is 19.4 Å². The van der Waals surface area contributed by atoms with E-state index in [1.165, 1.54) is 11.8 Å². The minimum atomic E-state index is -4.58. The summed E-state index contributed by atoms with van der Waals surface area (Å²) in [4.78, 5) is 34.5. The molecule has 0 saturated carbocycles. The number of fused-ring (bicyclic) bond motifs is 1. The SMILES string of the molecule is COc1ccc(Sc2nc(N)nc3c2ncn3C[C@@H](C)OC(C(C)C)(C(C)C)P(=O)(O)O)cc1. The van der Waals surface area contributed by atoms with Crippen molar-refractivity contribution in [2.24, 2.45) is 11.8 Å². The van der Waals surface area contributed by atoms with Crippen LogP contribution in [0.4, 0.5) is 5.95 Å². The van der Waals surface area contributed by atoms with Gasteiger partial charge in [0.15, 0.2) is 11.0 Å². The Kier molecular flexibility index (Phi) is 7.94. The maximum atomic E-state index is 12.5. The topological polar surface area (TPSA) is 146 Å². The van der Waals surface area contributed by atoms with Crippen LogP contribution in [-0.2, 0) is 15.8 Å². The van der Waals surface area contributed by atoms with Gasteiger partial charge in [-0.25, -0.2) is 9.97 Å². The van der Waals surface area contributed by atoms with Crippen molar-refractivity contribution in [2.75, 3.05) is 12.8 Å². The van der Waals surface area contributed by atoms with Crippen molar-refractivity contribution in [3.8, 4) is 5.75 Å². The summed E-state index contributed by atoms with van der Waals surface area (Å²) in [5, 5.41) is -0.999. The lowest BCUT2D eigenvalue weighted by Gasteiger charge is -2.42. The molecule has 12 heteroatoms. The van der Waals surface area contributed by atoms with Crippen LogP contribution in [0.2, 0.25) is 0 Å². The summed E-state index contributed by atoms with van der Waals surface area (Å²) in [6.07, 6.45) is 1.07. The van der Waals surface area contributed by atoms with Crippen LogP contribution in [-0.4, -0.2) is 47.9 Å². The standard InChI is InChI=1S/C22H32N5O5PS/c1-13(2)22(14(3)4,33(28,29)30)32-15(5)11-27-12-24-18-19(27)25-21(23)26-20(18)34-17-9-7-16(31-6)8-10-17/h7-10,12-15H,11H2,1-6H3,(H2,23,25,26)(H2,28,29,30)/t15-/m1/s1. The van der Waals surface area contributed by atoms with E-state index < -0.39 is 30.9 Å². The minimum absolute atomic E-state index is 0.104. The van der Waals surface area contributed by atoms with Gasteiger partial charge >= 0.3 is 7.60 Å². The molecule has 10 nitrogen and oxygen atoms in total. The Morgan fingerprint density at radius 1 is 1.12 bits per heavy atom. The number of nitrogen functional groups attached to an aromatic ring is 1. The van der Waals surface area contributed by atoms with Crippen molar-refractivity contribution in [3.63, 3.8) is 0 Å². The van der Waals surface area contributed by atoms with Crippen molar-refractivity contribution in [1.82, 2.24) is 19.5 Å². The van der Waals surface area contributed by atoms with E-state index in [2.05, 4.69) is 15.0 Å². The molecule has 0 fully saturated rings. The Hall–Kier alpha value is -2.17. The molecule has 0 amide bonds. The molecule has 2 aromatic heterocycles. The number of hydrogen-bond donors (Lipinski definition) is 3. The Morgan fingerprint density at radius 3 is 2.26 bits per heavy atom. The Balaban J connectivity index is 1.90. The highest BCUT2D eigenvalue weighted by molar-refractivity contribution is 7.99. The molecule has 0 unspecified atom stereocenters. The van der Waals surface area contributed by atoms with Crippen LogP contribution in [0.25, 0.3) is 11.2 Å². The maximum absolute atomic E-state index is 12.5. The molecular weight excluding hydrogens is 477 g/mol. The molecule has 2 heterocycles. The molecule has 4 N–H and O–H groups in total. The first-order valence-electron chi connectivity index (χ1n) is 10.9. The van der Waals surface area contributed by atoms with Gasteiger partial charge in [0.1, 0.15) is 16.3 Å². The van der Waals surface area contributed by atoms with Crippen LogP contribution in [0.1, 0.15) is 34.6 Å². The normalized spacial score (nSPS) is 13.7. The fraction of sp³-hybridized carbons (Fsp3) is 0.500. The summed E-state index contributed by atoms with van der Waals surface area (Å²) < 4.78 is 25.6. The van der Waals surface area contributed by atoms with Crippen LogP contribution in [0.5, 0.6) is 5.75 Å². The van der Waals surface area contributed by atoms with Gasteiger partial charge in [0.2, 0.25) is 5.95 Å². The molecule has 3 aromatic rings. The maximum Gasteiger partial charge on any atom is 0.357 e. The lowest BCUT2D eigenvalue weighted by molar-refractivity contribution is -0.103. The first-order chi connectivity index (χ1) is 15.9. The van der Waals surface area contributed by atoms with E-state index in [9.17, 15) is 14.4 Å². The molecular formula is C22H32N5O5PS. The highest BCUT2D eigenvalue weighted by atomic mass is 32.2. The molecule has 0 aliphatic rings. The van der Waals surface area contributed by atoms with Crippen LogP contribution in [0.3, 0.4) is 0 Å². The predicted molar refractivity (Wildman–Crippen MR) is 132 cm³/mol. The number of methoxy groups -OCH3 is 1. The Bertz CT molecular complexity index is 1170. The second-order valence-corrected chi connectivity index (χ2v) is 11.6. The second-order valence-electron chi connectivity index (χ2n) is 8.77. The summed E-state index contributed by atoms with van der Waals surface area (Å²) in [5.41, 5.74) is 7.09. The minimum Gasteiger partial charge on any atom is -0.497 e. The average molecular weight is 510 g/mol. The molecule has 34 heavy (non-hydrogen) atoms. The quantitative estimate of drug-likeness (QED) is 0.269. The molecule has 1 aromatic carbocycles. The fourth-order valence-electron chi connectivity index (χ4n) is 4.21. The Labute approximate surface area is 203 Å². The Morgan fingerprint density at radius 2 is 1.74 bits per heavy atom. The first-order valence-corrected chi connectivity index (χ1v) is 13.4. The van der Waals surface area contributed by atoms with Gasteiger partial charge in [-0.15, -0.1) is 0 Å². The van der Waals surface area contributed by atoms with Gasteiger partial charge in [-0.05, 0) is 43.0 Å². The number of nitrogens with two attached hydrogens (primary N) is 1. The van der Waals surface area contributed by atoms with Crippen molar-refractivity contribution < 1.29 is 23.8 Å². The van der Waals surface area contributed by atoms with Gasteiger partial charge in [-0.1, -0.05) is 39.5 Å². The highest BCUT2D eigenvalue weighted by Crippen LogP contribution is 2.59. The van der Waals surface area contributed by atoms with Gasteiger partial charge in [-0.3, -0.25) is 4.57 Å². The summed E-state index contributed by atoms with van der Waals surface area (Å²) in [5.74, 6) is 0.0541. The van der Waals surface area contributed by atoms with Gasteiger partial charge in [-0.2, -0.15) is 4.98 Å². The summed E-state index contributed by atoms with van der Waals surface area (Å²) in [6.45, 7) is 9.09. The molecule has 0 aliphatic heterocycles. The lowest BCUT2D eigenvalue weighted by atomic mass is 9.95. The predicted octanol–water partition coefficient (Wildman–Crippen LogP) is 4.16. The third-order valence-corrected chi connectivity index (χ3v) is 8.71. The number of benzene rings is 1. The smallest absolute Gasteiger partial charge is 0.357 e. The number of nitrogens with zero attached hydrogens (tertiary/aromatic N) is 4. The number of ether oxygens (including phenoxy) is 2. The highest BCUT2D eigenvalue weighted by Gasteiger charge is 2.54. The average Bonchev–Trinajstić information content (AvgIpc) is 3.13. The van der Waals surface area contributed by atoms with Crippen LogP contribution < -0.4 is 10.5 Å². The molecule has 0 aliphatic carbocycles. The van der Waals surface area contributed by atoms with Crippen molar-refractivity contribution in [1.29, 1.82) is 0 Å². The molecule has 0 spiro atoms. The van der Waals surface area contributed by atoms with E-state index in [0.29, 0.717) is 16.2 Å². The fourth-order valence-corrected chi connectivity index (χ4v) is 6.75. The zero-order valence-corrected chi connectivity index (χ0v) is 21.9. The van der Waals surface area contributed by atoms with Gasteiger partial charge in [0, 0.05) is 4.90 Å². The van der Waals surface area contributed by atoms with Crippen LogP contribution in [0.15, 0.2) is 40.5 Å². The van der Waals surface area contributed by atoms with Crippen LogP contribution in [0, 0.1) is 11.8 Å². The summed E-state index contributed by atoms with van der Waals surface area (Å²) in [6, 6.07) is 7.55. The van der Waals surface area contributed by atoms with Crippen molar-refractivity contribution in [2.45, 2.75) is 62.5 Å². The second kappa shape index (κ2) is 10.2. The van der Waals surface area contributed by atoms with Crippen molar-refractivity contribution in [3.05, 3.63) is 30.6 Å². The summed E-state index contributed by atoms with van der Waals surface area (Å²) >= 11 is 1.41. The molecule has 0 radical (unpaired) electrons. The molecule has 186 valence electrons. The number of anilines is 1. The van der Waals surface area contributed by atoms with Gasteiger partial charge in [0.25, 0.3) is 0 Å². The lowest BCUT2D eigenvalue weighted by Crippen LogP contribution is -2.46. The molecule has 1 atom stereocenters. The van der Waals surface area contributed by atoms with E-state index in [1.54, 1.807) is 52.6 Å².